The summed E-state index contributed by atoms with van der Waals surface area (Å²) in [5.74, 6) is 0.983. The molecule has 0 aliphatic carbocycles. The average Bonchev–Trinajstić information content (AvgIpc) is 2.44. The fourth-order valence-electron chi connectivity index (χ4n) is 2.71. The summed E-state index contributed by atoms with van der Waals surface area (Å²) in [7, 11) is 0. The first-order chi connectivity index (χ1) is 9.12. The number of hydrogen-bond donors (Lipinski definition) is 0. The maximum atomic E-state index is 9.37. The fourth-order valence-corrected chi connectivity index (χ4v) is 2.71. The molecule has 2 aromatic rings. The molecule has 0 fully saturated rings. The van der Waals surface area contributed by atoms with Gasteiger partial charge in [-0.25, -0.2) is 4.98 Å². The van der Waals surface area contributed by atoms with E-state index in [9.17, 15) is 5.26 Å². The van der Waals surface area contributed by atoms with E-state index >= 15 is 0 Å². The molecule has 0 amide bonds. The standard InChI is InChI=1S/C16H17N3/c1-16(2,11-17)19-9-5-7-13-10-12-6-3-4-8-14(12)18-15(13)19/h3-4,6,8,10H,5,7,9H2,1-2H3. The summed E-state index contributed by atoms with van der Waals surface area (Å²) in [6.45, 7) is 4.82. The van der Waals surface area contributed by atoms with Crippen LogP contribution in [-0.4, -0.2) is 17.1 Å². The summed E-state index contributed by atoms with van der Waals surface area (Å²) in [5, 5.41) is 10.5. The van der Waals surface area contributed by atoms with Gasteiger partial charge in [0, 0.05) is 11.9 Å². The molecule has 96 valence electrons. The first kappa shape index (κ1) is 12.0. The second-order valence-electron chi connectivity index (χ2n) is 5.59. The number of nitrogens with zero attached hydrogens (tertiary/aromatic N) is 3. The number of hydrogen-bond acceptors (Lipinski definition) is 3. The molecule has 0 unspecified atom stereocenters. The number of anilines is 1. The summed E-state index contributed by atoms with van der Waals surface area (Å²) >= 11 is 0. The van der Waals surface area contributed by atoms with Crippen molar-refractivity contribution in [3.8, 4) is 6.07 Å². The van der Waals surface area contributed by atoms with Crippen LogP contribution >= 0.6 is 0 Å². The van der Waals surface area contributed by atoms with E-state index in [-0.39, 0.29) is 0 Å². The van der Waals surface area contributed by atoms with Crippen LogP contribution in [0, 0.1) is 11.3 Å². The number of aromatic nitrogens is 1. The van der Waals surface area contributed by atoms with Gasteiger partial charge in [-0.3, -0.25) is 0 Å². The zero-order valence-electron chi connectivity index (χ0n) is 11.3. The molecule has 0 saturated heterocycles. The molecule has 0 bridgehead atoms. The van der Waals surface area contributed by atoms with Crippen molar-refractivity contribution in [2.45, 2.75) is 32.2 Å². The molecule has 0 spiro atoms. The minimum atomic E-state index is -0.509. The molecule has 0 saturated carbocycles. The molecule has 1 aromatic heterocycles. The zero-order valence-corrected chi connectivity index (χ0v) is 11.3. The van der Waals surface area contributed by atoms with Crippen LogP contribution in [0.5, 0.6) is 0 Å². The van der Waals surface area contributed by atoms with Crippen LogP contribution in [-0.2, 0) is 6.42 Å². The molecule has 3 nitrogen and oxygen atoms in total. The van der Waals surface area contributed by atoms with Gasteiger partial charge in [0.2, 0.25) is 0 Å². The van der Waals surface area contributed by atoms with Gasteiger partial charge >= 0.3 is 0 Å². The van der Waals surface area contributed by atoms with Gasteiger partial charge in [-0.2, -0.15) is 5.26 Å². The molecule has 1 aliphatic rings. The summed E-state index contributed by atoms with van der Waals surface area (Å²) < 4.78 is 0. The van der Waals surface area contributed by atoms with E-state index in [1.807, 2.05) is 32.0 Å². The number of aryl methyl sites for hydroxylation is 1. The molecular formula is C16H17N3. The smallest absolute Gasteiger partial charge is 0.133 e. The quantitative estimate of drug-likeness (QED) is 0.780. The number of benzene rings is 1. The Kier molecular flexibility index (Phi) is 2.67. The Hall–Kier alpha value is -2.08. The van der Waals surface area contributed by atoms with Gasteiger partial charge < -0.3 is 4.90 Å². The highest BCUT2D eigenvalue weighted by Crippen LogP contribution is 2.32. The second-order valence-corrected chi connectivity index (χ2v) is 5.59. The Bertz CT molecular complexity index is 667. The summed E-state index contributed by atoms with van der Waals surface area (Å²) in [4.78, 5) is 6.92. The van der Waals surface area contributed by atoms with Crippen molar-refractivity contribution < 1.29 is 0 Å². The van der Waals surface area contributed by atoms with E-state index in [1.54, 1.807) is 0 Å². The lowest BCUT2D eigenvalue weighted by molar-refractivity contribution is 0.535. The lowest BCUT2D eigenvalue weighted by Crippen LogP contribution is -2.46. The molecule has 0 N–H and O–H groups in total. The topological polar surface area (TPSA) is 39.9 Å². The van der Waals surface area contributed by atoms with Gasteiger partial charge in [0.05, 0.1) is 11.6 Å². The summed E-state index contributed by atoms with van der Waals surface area (Å²) in [6.07, 6.45) is 2.13. The average molecular weight is 251 g/mol. The predicted octanol–water partition coefficient (Wildman–Crippen LogP) is 3.29. The number of nitriles is 1. The van der Waals surface area contributed by atoms with Crippen LogP contribution in [0.1, 0.15) is 25.8 Å². The minimum Gasteiger partial charge on any atom is -0.338 e. The zero-order chi connectivity index (χ0) is 13.5. The SMILES string of the molecule is CC(C)(C#N)N1CCCc2cc3ccccc3nc21. The highest BCUT2D eigenvalue weighted by atomic mass is 15.2. The minimum absolute atomic E-state index is 0.509. The van der Waals surface area contributed by atoms with Crippen molar-refractivity contribution in [2.75, 3.05) is 11.4 Å². The highest BCUT2D eigenvalue weighted by molar-refractivity contribution is 5.82. The van der Waals surface area contributed by atoms with Crippen LogP contribution in [0.2, 0.25) is 0 Å². The Morgan fingerprint density at radius 1 is 1.32 bits per heavy atom. The highest BCUT2D eigenvalue weighted by Gasteiger charge is 2.31. The molecule has 0 atom stereocenters. The van der Waals surface area contributed by atoms with E-state index in [2.05, 4.69) is 23.1 Å². The largest absolute Gasteiger partial charge is 0.338 e. The van der Waals surface area contributed by atoms with Gasteiger partial charge in [0.25, 0.3) is 0 Å². The number of para-hydroxylation sites is 1. The van der Waals surface area contributed by atoms with Gasteiger partial charge in [0.1, 0.15) is 11.4 Å². The maximum Gasteiger partial charge on any atom is 0.133 e. The van der Waals surface area contributed by atoms with Crippen molar-refractivity contribution in [1.29, 1.82) is 5.26 Å². The number of fused-ring (bicyclic) bond motifs is 2. The first-order valence-electron chi connectivity index (χ1n) is 6.69. The molecule has 19 heavy (non-hydrogen) atoms. The Morgan fingerprint density at radius 2 is 2.11 bits per heavy atom. The maximum absolute atomic E-state index is 9.37. The van der Waals surface area contributed by atoms with Crippen molar-refractivity contribution in [3.63, 3.8) is 0 Å². The van der Waals surface area contributed by atoms with E-state index in [0.717, 1.165) is 30.7 Å². The number of pyridine rings is 1. The van der Waals surface area contributed by atoms with Gasteiger partial charge in [-0.15, -0.1) is 0 Å². The van der Waals surface area contributed by atoms with Crippen LogP contribution in [0.4, 0.5) is 5.82 Å². The van der Waals surface area contributed by atoms with Gasteiger partial charge in [-0.05, 0) is 44.4 Å². The van der Waals surface area contributed by atoms with Crippen LogP contribution in [0.25, 0.3) is 10.9 Å². The first-order valence-corrected chi connectivity index (χ1v) is 6.69. The van der Waals surface area contributed by atoms with Crippen LogP contribution < -0.4 is 4.90 Å². The lowest BCUT2D eigenvalue weighted by atomic mass is 9.97. The van der Waals surface area contributed by atoms with Crippen molar-refractivity contribution in [2.24, 2.45) is 0 Å². The van der Waals surface area contributed by atoms with Crippen molar-refractivity contribution in [3.05, 3.63) is 35.9 Å². The van der Waals surface area contributed by atoms with E-state index in [4.69, 9.17) is 4.98 Å². The molecular weight excluding hydrogens is 234 g/mol. The van der Waals surface area contributed by atoms with Crippen LogP contribution in [0.3, 0.4) is 0 Å². The van der Waals surface area contributed by atoms with E-state index in [1.165, 1.54) is 10.9 Å². The molecule has 2 heterocycles. The summed E-state index contributed by atoms with van der Waals surface area (Å²) in [5.41, 5.74) is 1.75. The van der Waals surface area contributed by atoms with Gasteiger partial charge in [0.15, 0.2) is 0 Å². The third-order valence-corrected chi connectivity index (χ3v) is 3.81. The normalized spacial score (nSPS) is 15.1. The molecule has 3 heteroatoms. The molecule has 3 rings (SSSR count). The van der Waals surface area contributed by atoms with Crippen LogP contribution in [0.15, 0.2) is 30.3 Å². The van der Waals surface area contributed by atoms with Gasteiger partial charge in [-0.1, -0.05) is 18.2 Å². The van der Waals surface area contributed by atoms with E-state index in [0.29, 0.717) is 0 Å². The number of rotatable bonds is 1. The predicted molar refractivity (Wildman–Crippen MR) is 77.1 cm³/mol. The fraction of sp³-hybridized carbons (Fsp3) is 0.375. The lowest BCUT2D eigenvalue weighted by Gasteiger charge is -2.38. The van der Waals surface area contributed by atoms with Crippen molar-refractivity contribution >= 4 is 16.7 Å². The third-order valence-electron chi connectivity index (χ3n) is 3.81. The summed E-state index contributed by atoms with van der Waals surface area (Å²) in [6, 6.07) is 12.8. The molecule has 1 aromatic carbocycles. The molecule has 0 radical (unpaired) electrons. The van der Waals surface area contributed by atoms with E-state index < -0.39 is 5.54 Å². The Labute approximate surface area is 113 Å². The Morgan fingerprint density at radius 3 is 2.89 bits per heavy atom. The Balaban J connectivity index is 2.19. The second kappa shape index (κ2) is 4.24. The molecule has 1 aliphatic heterocycles. The third kappa shape index (κ3) is 1.94. The van der Waals surface area contributed by atoms with Crippen molar-refractivity contribution in [1.82, 2.24) is 4.98 Å². The monoisotopic (exact) mass is 251 g/mol.